The number of rotatable bonds is 3. The molecule has 0 aliphatic carbocycles. The van der Waals surface area contributed by atoms with E-state index >= 15 is 0 Å². The summed E-state index contributed by atoms with van der Waals surface area (Å²) in [5.41, 5.74) is 2.97. The summed E-state index contributed by atoms with van der Waals surface area (Å²) in [4.78, 5) is 27.2. The Balaban J connectivity index is 1.55. The number of nitrogens with zero attached hydrogens (tertiary/aromatic N) is 2. The molecule has 7 nitrogen and oxygen atoms in total. The highest BCUT2D eigenvalue weighted by Gasteiger charge is 2.28. The zero-order valence-corrected chi connectivity index (χ0v) is 16.2. The lowest BCUT2D eigenvalue weighted by Crippen LogP contribution is -2.35. The van der Waals surface area contributed by atoms with Gasteiger partial charge in [0.1, 0.15) is 16.8 Å². The number of hydrogen-bond acceptors (Lipinski definition) is 6. The minimum absolute atomic E-state index is 0.282. The van der Waals surface area contributed by atoms with Gasteiger partial charge in [-0.2, -0.15) is 5.26 Å². The molecule has 0 bridgehead atoms. The number of nitriles is 1. The van der Waals surface area contributed by atoms with E-state index in [4.69, 9.17) is 9.47 Å². The third-order valence-corrected chi connectivity index (χ3v) is 6.01. The molecule has 3 heterocycles. The molecular weight excluding hydrogens is 378 g/mol. The summed E-state index contributed by atoms with van der Waals surface area (Å²) >= 11 is 1.34. The Hall–Kier alpha value is -3.05. The number of nitrogens with one attached hydrogen (secondary N) is 1. The number of hydrogen-bond donors (Lipinski definition) is 1. The number of benzene rings is 1. The number of carbonyl (C=O) groups excluding carboxylic acids is 2. The van der Waals surface area contributed by atoms with Crippen LogP contribution in [0.25, 0.3) is 0 Å². The molecule has 0 saturated heterocycles. The van der Waals surface area contributed by atoms with E-state index < -0.39 is 0 Å². The monoisotopic (exact) mass is 397 g/mol. The van der Waals surface area contributed by atoms with Crippen molar-refractivity contribution in [3.8, 4) is 11.8 Å². The van der Waals surface area contributed by atoms with E-state index in [1.165, 1.54) is 11.3 Å². The molecule has 0 fully saturated rings. The molecule has 1 aromatic heterocycles. The van der Waals surface area contributed by atoms with Gasteiger partial charge in [-0.3, -0.25) is 4.79 Å². The molecule has 2 aliphatic heterocycles. The zero-order chi connectivity index (χ0) is 19.7. The molecule has 0 unspecified atom stereocenters. The summed E-state index contributed by atoms with van der Waals surface area (Å²) in [6.45, 7) is 3.60. The van der Waals surface area contributed by atoms with Crippen LogP contribution in [0.4, 0.5) is 9.80 Å². The van der Waals surface area contributed by atoms with Gasteiger partial charge in [-0.05, 0) is 36.6 Å². The lowest BCUT2D eigenvalue weighted by Gasteiger charge is -2.25. The Bertz CT molecular complexity index is 992. The van der Waals surface area contributed by atoms with Gasteiger partial charge >= 0.3 is 6.09 Å². The number of carbonyl (C=O) groups is 2. The van der Waals surface area contributed by atoms with Gasteiger partial charge in [0.25, 0.3) is 5.91 Å². The van der Waals surface area contributed by atoms with E-state index in [0.29, 0.717) is 48.9 Å². The van der Waals surface area contributed by atoms with Crippen LogP contribution in [0.15, 0.2) is 18.2 Å². The number of amides is 2. The Morgan fingerprint density at radius 2 is 2.25 bits per heavy atom. The molecule has 1 N–H and O–H groups in total. The molecule has 2 amide bonds. The first kappa shape index (κ1) is 18.3. The van der Waals surface area contributed by atoms with E-state index in [1.807, 2.05) is 6.07 Å². The van der Waals surface area contributed by atoms with Crippen LogP contribution >= 0.6 is 11.3 Å². The molecule has 0 radical (unpaired) electrons. The minimum atomic E-state index is -0.358. The molecule has 2 aliphatic rings. The van der Waals surface area contributed by atoms with Gasteiger partial charge in [0.15, 0.2) is 0 Å². The van der Waals surface area contributed by atoms with Crippen molar-refractivity contribution in [1.29, 1.82) is 5.26 Å². The van der Waals surface area contributed by atoms with E-state index in [1.54, 1.807) is 24.0 Å². The van der Waals surface area contributed by atoms with Crippen LogP contribution in [-0.4, -0.2) is 36.7 Å². The van der Waals surface area contributed by atoms with Crippen LogP contribution < -0.4 is 10.1 Å². The Labute approximate surface area is 166 Å². The highest BCUT2D eigenvalue weighted by atomic mass is 32.1. The standard InChI is InChI=1S/C20H19N3O4S/c1-2-26-20(25)23-7-5-14-15(10-21)19(28-17(14)11-23)22-18(24)13-4-3-12-6-8-27-16(12)9-13/h3-4,9H,2,5-8,11H2,1H3,(H,22,24). The normalized spacial score (nSPS) is 14.5. The van der Waals surface area contributed by atoms with Gasteiger partial charge in [-0.25, -0.2) is 4.79 Å². The van der Waals surface area contributed by atoms with Crippen LogP contribution in [0.1, 0.15) is 38.8 Å². The summed E-state index contributed by atoms with van der Waals surface area (Å²) in [6, 6.07) is 7.61. The smallest absolute Gasteiger partial charge is 0.410 e. The Kier molecular flexibility index (Phi) is 4.92. The van der Waals surface area contributed by atoms with Crippen LogP contribution in [0.5, 0.6) is 5.75 Å². The summed E-state index contributed by atoms with van der Waals surface area (Å²) in [7, 11) is 0. The van der Waals surface area contributed by atoms with Gasteiger partial charge in [-0.1, -0.05) is 6.07 Å². The fourth-order valence-corrected chi connectivity index (χ4v) is 4.67. The molecule has 28 heavy (non-hydrogen) atoms. The van der Waals surface area contributed by atoms with Crippen LogP contribution in [-0.2, 0) is 24.1 Å². The molecule has 8 heteroatoms. The molecule has 0 spiro atoms. The molecular formula is C20H19N3O4S. The highest BCUT2D eigenvalue weighted by molar-refractivity contribution is 7.16. The quantitative estimate of drug-likeness (QED) is 0.858. The molecule has 1 aromatic carbocycles. The zero-order valence-electron chi connectivity index (χ0n) is 15.4. The van der Waals surface area contributed by atoms with Crippen molar-refractivity contribution in [3.05, 3.63) is 45.3 Å². The Morgan fingerprint density at radius 1 is 1.39 bits per heavy atom. The van der Waals surface area contributed by atoms with Crippen LogP contribution in [0.3, 0.4) is 0 Å². The lowest BCUT2D eigenvalue weighted by atomic mass is 10.0. The maximum atomic E-state index is 12.7. The molecule has 0 saturated carbocycles. The highest BCUT2D eigenvalue weighted by Crippen LogP contribution is 2.37. The van der Waals surface area contributed by atoms with Gasteiger partial charge in [-0.15, -0.1) is 11.3 Å². The number of anilines is 1. The number of thiophene rings is 1. The summed E-state index contributed by atoms with van der Waals surface area (Å²) < 4.78 is 10.6. The third-order valence-electron chi connectivity index (χ3n) is 4.88. The molecule has 4 rings (SSSR count). The van der Waals surface area contributed by atoms with Crippen molar-refractivity contribution in [1.82, 2.24) is 4.90 Å². The average molecular weight is 397 g/mol. The SMILES string of the molecule is CCOC(=O)N1CCc2c(sc(NC(=O)c3ccc4c(c3)OCC4)c2C#N)C1. The number of fused-ring (bicyclic) bond motifs is 2. The summed E-state index contributed by atoms with van der Waals surface area (Å²) in [5.74, 6) is 0.458. The lowest BCUT2D eigenvalue weighted by molar-refractivity contribution is 0.102. The van der Waals surface area contributed by atoms with Gasteiger partial charge in [0, 0.05) is 23.4 Å². The first-order valence-electron chi connectivity index (χ1n) is 9.14. The second-order valence-electron chi connectivity index (χ2n) is 6.57. The van der Waals surface area contributed by atoms with Crippen molar-refractivity contribution in [2.75, 3.05) is 25.1 Å². The van der Waals surface area contributed by atoms with Crippen molar-refractivity contribution in [3.63, 3.8) is 0 Å². The second kappa shape index (κ2) is 7.52. The maximum Gasteiger partial charge on any atom is 0.410 e. The minimum Gasteiger partial charge on any atom is -0.493 e. The maximum absolute atomic E-state index is 12.7. The number of ether oxygens (including phenoxy) is 2. The van der Waals surface area contributed by atoms with Crippen molar-refractivity contribution in [2.24, 2.45) is 0 Å². The molecule has 2 aromatic rings. The van der Waals surface area contributed by atoms with Gasteiger partial charge in [0.05, 0.1) is 25.3 Å². The first-order valence-corrected chi connectivity index (χ1v) is 9.95. The first-order chi connectivity index (χ1) is 13.6. The van der Waals surface area contributed by atoms with E-state index in [-0.39, 0.29) is 12.0 Å². The predicted molar refractivity (Wildman–Crippen MR) is 104 cm³/mol. The van der Waals surface area contributed by atoms with Crippen molar-refractivity contribution >= 4 is 28.3 Å². The molecule has 0 atom stereocenters. The van der Waals surface area contributed by atoms with Gasteiger partial charge in [0.2, 0.25) is 0 Å². The predicted octanol–water partition coefficient (Wildman–Crippen LogP) is 3.32. The third kappa shape index (κ3) is 3.29. The average Bonchev–Trinajstić information content (AvgIpc) is 3.30. The largest absolute Gasteiger partial charge is 0.493 e. The summed E-state index contributed by atoms with van der Waals surface area (Å²) in [6.07, 6.45) is 1.06. The van der Waals surface area contributed by atoms with Crippen molar-refractivity contribution < 1.29 is 19.1 Å². The fraction of sp³-hybridized carbons (Fsp3) is 0.350. The van der Waals surface area contributed by atoms with Gasteiger partial charge < -0.3 is 19.7 Å². The Morgan fingerprint density at radius 3 is 3.04 bits per heavy atom. The topological polar surface area (TPSA) is 91.7 Å². The second-order valence-corrected chi connectivity index (χ2v) is 7.67. The molecule has 144 valence electrons. The fourth-order valence-electron chi connectivity index (χ4n) is 3.46. The van der Waals surface area contributed by atoms with Crippen LogP contribution in [0, 0.1) is 11.3 Å². The summed E-state index contributed by atoms with van der Waals surface area (Å²) in [5, 5.41) is 13.0. The van der Waals surface area contributed by atoms with E-state index in [2.05, 4.69) is 11.4 Å². The van der Waals surface area contributed by atoms with Crippen molar-refractivity contribution in [2.45, 2.75) is 26.3 Å². The van der Waals surface area contributed by atoms with Crippen LogP contribution in [0.2, 0.25) is 0 Å². The van der Waals surface area contributed by atoms with E-state index in [9.17, 15) is 14.9 Å². The van der Waals surface area contributed by atoms with E-state index in [0.717, 1.165) is 28.2 Å².